The summed E-state index contributed by atoms with van der Waals surface area (Å²) in [4.78, 5) is 37.9. The van der Waals surface area contributed by atoms with Crippen molar-refractivity contribution in [3.8, 4) is 22.6 Å². The lowest BCUT2D eigenvalue weighted by Gasteiger charge is -2.16. The Morgan fingerprint density at radius 1 is 1.00 bits per heavy atom. The molecule has 0 aliphatic carbocycles. The molecular formula is C22H18Cl2N2O7. The molecule has 1 heterocycles. The number of H-pyrrole nitrogens is 1. The number of carbonyl (C=O) groups is 2. The zero-order valence-electron chi connectivity index (χ0n) is 17.1. The van der Waals surface area contributed by atoms with Gasteiger partial charge in [0.1, 0.15) is 23.6 Å². The normalized spacial score (nSPS) is 10.6. The second kappa shape index (κ2) is 9.85. The number of nitrogen functional groups attached to an aromatic ring is 1. The zero-order chi connectivity index (χ0) is 24.3. The minimum Gasteiger partial charge on any atom is -0.490 e. The first-order valence-corrected chi connectivity index (χ1v) is 10.3. The Morgan fingerprint density at radius 2 is 1.70 bits per heavy atom. The van der Waals surface area contributed by atoms with Gasteiger partial charge in [0.15, 0.2) is 11.5 Å². The fourth-order valence-electron chi connectivity index (χ4n) is 3.18. The number of aromatic nitrogens is 1. The van der Waals surface area contributed by atoms with Gasteiger partial charge in [-0.2, -0.15) is 0 Å². The number of aromatic amines is 1. The van der Waals surface area contributed by atoms with Crippen molar-refractivity contribution in [1.29, 1.82) is 0 Å². The highest BCUT2D eigenvalue weighted by Crippen LogP contribution is 2.37. The number of aromatic carboxylic acids is 2. The average molecular weight is 493 g/mol. The van der Waals surface area contributed by atoms with Crippen LogP contribution in [0.2, 0.25) is 10.0 Å². The summed E-state index contributed by atoms with van der Waals surface area (Å²) in [6, 6.07) is 9.21. The van der Waals surface area contributed by atoms with Crippen molar-refractivity contribution < 1.29 is 29.3 Å². The van der Waals surface area contributed by atoms with Crippen LogP contribution in [0.4, 0.5) is 5.82 Å². The molecule has 0 bridgehead atoms. The molecule has 0 aliphatic heterocycles. The van der Waals surface area contributed by atoms with Crippen molar-refractivity contribution in [3.63, 3.8) is 0 Å². The van der Waals surface area contributed by atoms with E-state index in [1.165, 1.54) is 18.2 Å². The third kappa shape index (κ3) is 5.05. The van der Waals surface area contributed by atoms with Gasteiger partial charge in [0.05, 0.1) is 6.61 Å². The molecule has 5 N–H and O–H groups in total. The summed E-state index contributed by atoms with van der Waals surface area (Å²) in [5, 5.41) is 20.1. The van der Waals surface area contributed by atoms with E-state index < -0.39 is 34.4 Å². The summed E-state index contributed by atoms with van der Waals surface area (Å²) in [5.41, 5.74) is 3.77. The highest BCUT2D eigenvalue weighted by Gasteiger charge is 2.27. The van der Waals surface area contributed by atoms with Crippen molar-refractivity contribution in [2.45, 2.75) is 13.5 Å². The maximum Gasteiger partial charge on any atom is 0.342 e. The first-order chi connectivity index (χ1) is 15.6. The molecule has 0 saturated heterocycles. The molecule has 0 aliphatic rings. The fraction of sp³-hybridized carbons (Fsp3) is 0.136. The highest BCUT2D eigenvalue weighted by atomic mass is 35.5. The standard InChI is InChI=1S/C22H18Cl2N2O7/c1-2-32-15-7-10(4-6-14(15)33-9-11-3-5-12(23)8-13(11)24)16-17(21(28)29)19(25)26-20(27)18(16)22(30)31/h3-8H,2,9H2,1H3,(H,28,29)(H,30,31)(H3,25,26,27). The first kappa shape index (κ1) is 24.0. The van der Waals surface area contributed by atoms with Gasteiger partial charge in [0.25, 0.3) is 5.56 Å². The molecule has 0 unspecified atom stereocenters. The Bertz CT molecular complexity index is 1300. The molecule has 0 radical (unpaired) electrons. The molecule has 1 aromatic heterocycles. The number of halogens is 2. The summed E-state index contributed by atoms with van der Waals surface area (Å²) in [6.07, 6.45) is 0. The van der Waals surface area contributed by atoms with E-state index in [0.717, 1.165) is 0 Å². The van der Waals surface area contributed by atoms with Gasteiger partial charge in [-0.15, -0.1) is 0 Å². The highest BCUT2D eigenvalue weighted by molar-refractivity contribution is 6.35. The van der Waals surface area contributed by atoms with Crippen LogP contribution in [0.1, 0.15) is 33.2 Å². The predicted octanol–water partition coefficient (Wildman–Crippen LogP) is 4.31. The second-order valence-corrected chi connectivity index (χ2v) is 7.57. The van der Waals surface area contributed by atoms with Crippen LogP contribution < -0.4 is 20.8 Å². The van der Waals surface area contributed by atoms with Gasteiger partial charge < -0.3 is 30.4 Å². The molecule has 0 spiro atoms. The van der Waals surface area contributed by atoms with Crippen LogP contribution in [-0.2, 0) is 6.61 Å². The van der Waals surface area contributed by atoms with E-state index in [1.807, 2.05) is 0 Å². The fourth-order valence-corrected chi connectivity index (χ4v) is 3.64. The summed E-state index contributed by atoms with van der Waals surface area (Å²) in [6.45, 7) is 2.04. The van der Waals surface area contributed by atoms with Gasteiger partial charge in [-0.05, 0) is 36.8 Å². The van der Waals surface area contributed by atoms with E-state index in [1.54, 1.807) is 25.1 Å². The van der Waals surface area contributed by atoms with E-state index >= 15 is 0 Å². The Kier molecular flexibility index (Phi) is 7.15. The number of hydrogen-bond acceptors (Lipinski definition) is 6. The van der Waals surface area contributed by atoms with Gasteiger partial charge in [-0.3, -0.25) is 4.79 Å². The van der Waals surface area contributed by atoms with E-state index in [9.17, 15) is 24.6 Å². The molecule has 0 saturated carbocycles. The van der Waals surface area contributed by atoms with Gasteiger partial charge in [0.2, 0.25) is 0 Å². The third-order valence-corrected chi connectivity index (χ3v) is 5.19. The Hall–Kier alpha value is -3.69. The summed E-state index contributed by atoms with van der Waals surface area (Å²) in [5.74, 6) is -3.09. The lowest BCUT2D eigenvalue weighted by Crippen LogP contribution is -2.24. The van der Waals surface area contributed by atoms with Gasteiger partial charge in [0, 0.05) is 21.2 Å². The largest absolute Gasteiger partial charge is 0.490 e. The Balaban J connectivity index is 2.11. The predicted molar refractivity (Wildman–Crippen MR) is 123 cm³/mol. The number of anilines is 1. The molecule has 0 amide bonds. The molecule has 9 nitrogen and oxygen atoms in total. The van der Waals surface area contributed by atoms with E-state index in [0.29, 0.717) is 15.6 Å². The second-order valence-electron chi connectivity index (χ2n) is 6.72. The minimum absolute atomic E-state index is 0.0775. The Morgan fingerprint density at radius 3 is 2.30 bits per heavy atom. The van der Waals surface area contributed by atoms with Crippen molar-refractivity contribution in [1.82, 2.24) is 4.98 Å². The molecule has 3 aromatic rings. The van der Waals surface area contributed by atoms with Crippen LogP contribution >= 0.6 is 23.2 Å². The first-order valence-electron chi connectivity index (χ1n) is 9.50. The number of nitrogens with one attached hydrogen (secondary N) is 1. The number of hydrogen-bond donors (Lipinski definition) is 4. The topological polar surface area (TPSA) is 152 Å². The van der Waals surface area contributed by atoms with E-state index in [2.05, 4.69) is 4.98 Å². The molecule has 11 heteroatoms. The SMILES string of the molecule is CCOc1cc(-c2c(C(=O)O)c(N)[nH]c(=O)c2C(=O)O)ccc1OCc1ccc(Cl)cc1Cl. The van der Waals surface area contributed by atoms with E-state index in [4.69, 9.17) is 38.4 Å². The van der Waals surface area contributed by atoms with Crippen molar-refractivity contribution >= 4 is 41.0 Å². The smallest absolute Gasteiger partial charge is 0.342 e. The molecule has 2 aromatic carbocycles. The average Bonchev–Trinajstić information content (AvgIpc) is 2.72. The molecule has 0 fully saturated rings. The minimum atomic E-state index is -1.61. The van der Waals surface area contributed by atoms with Crippen LogP contribution in [0.3, 0.4) is 0 Å². The van der Waals surface area contributed by atoms with Gasteiger partial charge in [-0.1, -0.05) is 35.3 Å². The summed E-state index contributed by atoms with van der Waals surface area (Å²) < 4.78 is 11.4. The summed E-state index contributed by atoms with van der Waals surface area (Å²) >= 11 is 12.1. The molecular weight excluding hydrogens is 475 g/mol. The maximum atomic E-state index is 12.3. The van der Waals surface area contributed by atoms with Crippen LogP contribution in [-0.4, -0.2) is 33.7 Å². The molecule has 172 valence electrons. The number of benzene rings is 2. The van der Waals surface area contributed by atoms with Gasteiger partial charge >= 0.3 is 11.9 Å². The number of carboxylic acids is 2. The summed E-state index contributed by atoms with van der Waals surface area (Å²) in [7, 11) is 0. The van der Waals surface area contributed by atoms with Crippen LogP contribution in [0, 0.1) is 0 Å². The molecule has 33 heavy (non-hydrogen) atoms. The quantitative estimate of drug-likeness (QED) is 0.362. The monoisotopic (exact) mass is 492 g/mol. The number of rotatable bonds is 8. The van der Waals surface area contributed by atoms with Crippen molar-refractivity contribution in [3.05, 3.63) is 73.5 Å². The van der Waals surface area contributed by atoms with Crippen molar-refractivity contribution in [2.75, 3.05) is 12.3 Å². The number of pyridine rings is 1. The van der Waals surface area contributed by atoms with E-state index in [-0.39, 0.29) is 35.8 Å². The van der Waals surface area contributed by atoms with Gasteiger partial charge in [-0.25, -0.2) is 9.59 Å². The zero-order valence-corrected chi connectivity index (χ0v) is 18.7. The number of nitrogens with two attached hydrogens (primary N) is 1. The molecule has 0 atom stereocenters. The van der Waals surface area contributed by atoms with Crippen molar-refractivity contribution in [2.24, 2.45) is 0 Å². The Labute approximate surface area is 197 Å². The van der Waals surface area contributed by atoms with Crippen LogP contribution in [0.25, 0.3) is 11.1 Å². The maximum absolute atomic E-state index is 12.3. The number of ether oxygens (including phenoxy) is 2. The number of carboxylic acid groups (broad SMARTS) is 2. The lowest BCUT2D eigenvalue weighted by atomic mass is 9.95. The van der Waals surface area contributed by atoms with Crippen LogP contribution in [0.15, 0.2) is 41.2 Å². The third-order valence-electron chi connectivity index (χ3n) is 4.60. The molecule has 3 rings (SSSR count). The lowest BCUT2D eigenvalue weighted by molar-refractivity contribution is 0.0695. The van der Waals surface area contributed by atoms with Crippen LogP contribution in [0.5, 0.6) is 11.5 Å².